The molecule has 1 rings (SSSR count). The first-order chi connectivity index (χ1) is 6.29. The maximum absolute atomic E-state index is 5.15. The summed E-state index contributed by atoms with van der Waals surface area (Å²) in [7, 11) is 0. The van der Waals surface area contributed by atoms with Crippen LogP contribution < -0.4 is 16.9 Å². The summed E-state index contributed by atoms with van der Waals surface area (Å²) in [6.07, 6.45) is 3.79. The SMILES string of the molecule is NC(N)=NNCCCN1CCCC1. The zero-order chi connectivity index (χ0) is 9.52. The molecule has 0 spiro atoms. The van der Waals surface area contributed by atoms with Gasteiger partial charge >= 0.3 is 0 Å². The molecule has 0 aromatic rings. The van der Waals surface area contributed by atoms with Gasteiger partial charge in [-0.15, -0.1) is 5.10 Å². The van der Waals surface area contributed by atoms with E-state index in [1.54, 1.807) is 0 Å². The number of nitrogens with two attached hydrogens (primary N) is 2. The molecule has 1 aliphatic rings. The van der Waals surface area contributed by atoms with Crippen molar-refractivity contribution in [1.29, 1.82) is 0 Å². The second kappa shape index (κ2) is 5.64. The van der Waals surface area contributed by atoms with Crippen LogP contribution >= 0.6 is 0 Å². The van der Waals surface area contributed by atoms with E-state index in [1.807, 2.05) is 0 Å². The van der Waals surface area contributed by atoms with Crippen LogP contribution in [-0.4, -0.2) is 37.0 Å². The van der Waals surface area contributed by atoms with E-state index in [2.05, 4.69) is 15.4 Å². The number of nitrogens with one attached hydrogen (secondary N) is 1. The van der Waals surface area contributed by atoms with Crippen LogP contribution in [0.4, 0.5) is 0 Å². The molecule has 76 valence electrons. The molecular weight excluding hydrogens is 166 g/mol. The summed E-state index contributed by atoms with van der Waals surface area (Å²) in [4.78, 5) is 2.47. The zero-order valence-corrected chi connectivity index (χ0v) is 8.00. The van der Waals surface area contributed by atoms with E-state index < -0.39 is 0 Å². The minimum atomic E-state index is 0.0983. The Kier molecular flexibility index (Phi) is 4.39. The van der Waals surface area contributed by atoms with Gasteiger partial charge in [0.2, 0.25) is 5.96 Å². The Hall–Kier alpha value is -0.970. The van der Waals surface area contributed by atoms with Crippen molar-refractivity contribution in [2.45, 2.75) is 19.3 Å². The molecule has 1 heterocycles. The summed E-state index contributed by atoms with van der Waals surface area (Å²) >= 11 is 0. The summed E-state index contributed by atoms with van der Waals surface area (Å²) in [6.45, 7) is 4.49. The molecule has 0 radical (unpaired) electrons. The Balaban J connectivity index is 1.91. The van der Waals surface area contributed by atoms with Crippen molar-refractivity contribution in [3.05, 3.63) is 0 Å². The molecule has 0 aromatic carbocycles. The van der Waals surface area contributed by atoms with Crippen molar-refractivity contribution in [2.24, 2.45) is 16.6 Å². The van der Waals surface area contributed by atoms with E-state index in [0.717, 1.165) is 19.5 Å². The average molecular weight is 185 g/mol. The van der Waals surface area contributed by atoms with Crippen LogP contribution in [0.25, 0.3) is 0 Å². The van der Waals surface area contributed by atoms with Gasteiger partial charge in [-0.25, -0.2) is 0 Å². The standard InChI is InChI=1S/C8H19N5/c9-8(10)12-11-4-3-7-13-5-1-2-6-13/h11H,1-7H2,(H4,9,10,12). The summed E-state index contributed by atoms with van der Waals surface area (Å²) in [5.74, 6) is 0.0983. The van der Waals surface area contributed by atoms with E-state index in [9.17, 15) is 0 Å². The van der Waals surface area contributed by atoms with E-state index >= 15 is 0 Å². The minimum Gasteiger partial charge on any atom is -0.369 e. The Bertz CT molecular complexity index is 158. The van der Waals surface area contributed by atoms with Gasteiger partial charge in [0.15, 0.2) is 0 Å². The van der Waals surface area contributed by atoms with Gasteiger partial charge in [-0.3, -0.25) is 0 Å². The van der Waals surface area contributed by atoms with Gasteiger partial charge < -0.3 is 21.8 Å². The lowest BCUT2D eigenvalue weighted by Gasteiger charge is -2.13. The van der Waals surface area contributed by atoms with Crippen molar-refractivity contribution >= 4 is 5.96 Å². The van der Waals surface area contributed by atoms with E-state index in [0.29, 0.717) is 0 Å². The first-order valence-corrected chi connectivity index (χ1v) is 4.83. The molecule has 5 nitrogen and oxygen atoms in total. The first-order valence-electron chi connectivity index (χ1n) is 4.83. The largest absolute Gasteiger partial charge is 0.369 e. The maximum atomic E-state index is 5.15. The second-order valence-electron chi connectivity index (χ2n) is 3.35. The Labute approximate surface area is 79.1 Å². The Morgan fingerprint density at radius 3 is 2.62 bits per heavy atom. The molecule has 0 amide bonds. The molecule has 0 saturated carbocycles. The maximum Gasteiger partial charge on any atom is 0.208 e. The smallest absolute Gasteiger partial charge is 0.208 e. The van der Waals surface area contributed by atoms with Gasteiger partial charge in [-0.2, -0.15) is 0 Å². The molecule has 0 unspecified atom stereocenters. The average Bonchev–Trinajstić information content (AvgIpc) is 2.55. The van der Waals surface area contributed by atoms with Gasteiger partial charge in [0.1, 0.15) is 0 Å². The van der Waals surface area contributed by atoms with Crippen molar-refractivity contribution < 1.29 is 0 Å². The van der Waals surface area contributed by atoms with Crippen LogP contribution in [-0.2, 0) is 0 Å². The highest BCUT2D eigenvalue weighted by atomic mass is 15.3. The minimum absolute atomic E-state index is 0.0983. The Morgan fingerprint density at radius 1 is 1.31 bits per heavy atom. The van der Waals surface area contributed by atoms with Crippen molar-refractivity contribution in [3.63, 3.8) is 0 Å². The van der Waals surface area contributed by atoms with E-state index in [-0.39, 0.29) is 5.96 Å². The third-order valence-electron chi connectivity index (χ3n) is 2.17. The number of rotatable bonds is 5. The molecule has 0 aliphatic carbocycles. The van der Waals surface area contributed by atoms with Crippen molar-refractivity contribution in [1.82, 2.24) is 10.3 Å². The lowest BCUT2D eigenvalue weighted by atomic mass is 10.4. The second-order valence-corrected chi connectivity index (χ2v) is 3.35. The molecule has 0 atom stereocenters. The van der Waals surface area contributed by atoms with Crippen LogP contribution in [0, 0.1) is 0 Å². The number of hydrazone groups is 1. The molecule has 1 fully saturated rings. The monoisotopic (exact) mass is 185 g/mol. The summed E-state index contributed by atoms with van der Waals surface area (Å²) < 4.78 is 0. The molecule has 0 aromatic heterocycles. The van der Waals surface area contributed by atoms with Crippen LogP contribution in [0.2, 0.25) is 0 Å². The normalized spacial score (nSPS) is 17.2. The van der Waals surface area contributed by atoms with E-state index in [4.69, 9.17) is 11.5 Å². The molecule has 5 heteroatoms. The lowest BCUT2D eigenvalue weighted by Crippen LogP contribution is -2.28. The molecule has 5 N–H and O–H groups in total. The fourth-order valence-corrected chi connectivity index (χ4v) is 1.54. The lowest BCUT2D eigenvalue weighted by molar-refractivity contribution is 0.331. The predicted octanol–water partition coefficient (Wildman–Crippen LogP) is -0.750. The van der Waals surface area contributed by atoms with Crippen molar-refractivity contribution in [3.8, 4) is 0 Å². The van der Waals surface area contributed by atoms with Gasteiger partial charge in [0, 0.05) is 6.54 Å². The van der Waals surface area contributed by atoms with E-state index in [1.165, 1.54) is 25.9 Å². The number of likely N-dealkylation sites (tertiary alicyclic amines) is 1. The van der Waals surface area contributed by atoms with Gasteiger partial charge in [0.05, 0.1) is 0 Å². The van der Waals surface area contributed by atoms with Crippen LogP contribution in [0.1, 0.15) is 19.3 Å². The summed E-state index contributed by atoms with van der Waals surface area (Å²) in [5.41, 5.74) is 13.1. The zero-order valence-electron chi connectivity index (χ0n) is 8.00. The predicted molar refractivity (Wildman–Crippen MR) is 54.1 cm³/mol. The molecule has 1 saturated heterocycles. The Morgan fingerprint density at radius 2 is 2.00 bits per heavy atom. The molecule has 0 bridgehead atoms. The van der Waals surface area contributed by atoms with Crippen LogP contribution in [0.5, 0.6) is 0 Å². The number of hydrogen-bond acceptors (Lipinski definition) is 3. The van der Waals surface area contributed by atoms with Gasteiger partial charge in [-0.1, -0.05) is 0 Å². The third kappa shape index (κ3) is 4.57. The fourth-order valence-electron chi connectivity index (χ4n) is 1.54. The highest BCUT2D eigenvalue weighted by Gasteiger charge is 2.09. The quantitative estimate of drug-likeness (QED) is 0.228. The van der Waals surface area contributed by atoms with Crippen LogP contribution in [0.15, 0.2) is 5.10 Å². The topological polar surface area (TPSA) is 79.7 Å². The number of nitrogens with zero attached hydrogens (tertiary/aromatic N) is 2. The van der Waals surface area contributed by atoms with Crippen molar-refractivity contribution in [2.75, 3.05) is 26.2 Å². The fraction of sp³-hybridized carbons (Fsp3) is 0.875. The first kappa shape index (κ1) is 10.1. The molecule has 1 aliphatic heterocycles. The number of guanidine groups is 1. The third-order valence-corrected chi connectivity index (χ3v) is 2.17. The highest BCUT2D eigenvalue weighted by molar-refractivity contribution is 5.75. The van der Waals surface area contributed by atoms with Gasteiger partial charge in [-0.05, 0) is 38.9 Å². The molecule has 13 heavy (non-hydrogen) atoms. The van der Waals surface area contributed by atoms with Crippen LogP contribution in [0.3, 0.4) is 0 Å². The highest BCUT2D eigenvalue weighted by Crippen LogP contribution is 2.06. The number of hydrogen-bond donors (Lipinski definition) is 3. The molecular formula is C8H19N5. The summed E-state index contributed by atoms with van der Waals surface area (Å²) in [5, 5.41) is 3.69. The van der Waals surface area contributed by atoms with Gasteiger partial charge in [0.25, 0.3) is 0 Å². The summed E-state index contributed by atoms with van der Waals surface area (Å²) in [6, 6.07) is 0.